The van der Waals surface area contributed by atoms with Crippen LogP contribution in [0.5, 0.6) is 5.75 Å². The van der Waals surface area contributed by atoms with Crippen LogP contribution in [0.15, 0.2) is 23.3 Å². The third-order valence-corrected chi connectivity index (χ3v) is 2.46. The van der Waals surface area contributed by atoms with Crippen molar-refractivity contribution in [3.63, 3.8) is 0 Å². The summed E-state index contributed by atoms with van der Waals surface area (Å²) < 4.78 is 40.4. The van der Waals surface area contributed by atoms with E-state index in [-0.39, 0.29) is 5.75 Å². The van der Waals surface area contributed by atoms with Gasteiger partial charge in [-0.1, -0.05) is 6.07 Å². The number of amides is 2. The molecule has 0 aliphatic rings. The summed E-state index contributed by atoms with van der Waals surface area (Å²) in [5.74, 6) is -0.342. The number of carbonyl (C=O) groups excluding carboxylic acids is 1. The van der Waals surface area contributed by atoms with Crippen molar-refractivity contribution in [3.05, 3.63) is 27.3 Å². The number of ether oxygens (including phenoxy) is 1. The lowest BCUT2D eigenvalue weighted by Crippen LogP contribution is -2.24. The van der Waals surface area contributed by atoms with Crippen LogP contribution in [0, 0.1) is 3.57 Å². The van der Waals surface area contributed by atoms with Crippen molar-refractivity contribution in [2.24, 2.45) is 10.8 Å². The molecule has 0 aromatic heterocycles. The molecule has 1 aromatic rings. The fourth-order valence-corrected chi connectivity index (χ4v) is 1.42. The molecule has 0 saturated carbocycles. The predicted octanol–water partition coefficient (Wildman–Crippen LogP) is 2.19. The maximum Gasteiger partial charge on any atom is 0.573 e. The molecule has 0 aliphatic heterocycles. The van der Waals surface area contributed by atoms with Crippen molar-refractivity contribution < 1.29 is 22.7 Å². The molecule has 2 amide bonds. The molecule has 5 nitrogen and oxygen atoms in total. The molecule has 0 unspecified atom stereocenters. The molecule has 0 fully saturated rings. The predicted molar refractivity (Wildman–Crippen MR) is 66.2 cm³/mol. The minimum absolute atomic E-state index is 0.296. The Morgan fingerprint density at radius 3 is 2.72 bits per heavy atom. The first kappa shape index (κ1) is 14.5. The Bertz CT molecular complexity index is 477. The van der Waals surface area contributed by atoms with Crippen LogP contribution in [0.3, 0.4) is 0 Å². The number of nitrogens with zero attached hydrogens (tertiary/aromatic N) is 1. The molecule has 0 saturated heterocycles. The lowest BCUT2D eigenvalue weighted by atomic mass is 10.2. The van der Waals surface area contributed by atoms with Gasteiger partial charge in [-0.25, -0.2) is 10.2 Å². The highest BCUT2D eigenvalue weighted by atomic mass is 127. The molecule has 3 N–H and O–H groups in total. The molecule has 0 bridgehead atoms. The molecule has 98 valence electrons. The lowest BCUT2D eigenvalue weighted by molar-refractivity contribution is -0.274. The molecule has 9 heteroatoms. The van der Waals surface area contributed by atoms with E-state index in [1.807, 2.05) is 5.43 Å². The number of benzene rings is 1. The number of hydrazone groups is 1. The first-order valence-corrected chi connectivity index (χ1v) is 5.49. The Labute approximate surface area is 113 Å². The van der Waals surface area contributed by atoms with Gasteiger partial charge in [-0.15, -0.1) is 13.2 Å². The maximum absolute atomic E-state index is 12.1. The summed E-state index contributed by atoms with van der Waals surface area (Å²) in [6.45, 7) is 0. The topological polar surface area (TPSA) is 76.7 Å². The number of halogens is 4. The maximum atomic E-state index is 12.1. The van der Waals surface area contributed by atoms with Crippen LogP contribution in [-0.4, -0.2) is 18.6 Å². The van der Waals surface area contributed by atoms with Gasteiger partial charge in [-0.05, 0) is 40.3 Å². The Balaban J connectivity index is 2.87. The zero-order valence-electron chi connectivity index (χ0n) is 8.66. The van der Waals surface area contributed by atoms with Crippen LogP contribution in [0.2, 0.25) is 0 Å². The highest BCUT2D eigenvalue weighted by molar-refractivity contribution is 14.1. The number of primary amides is 1. The number of rotatable bonds is 3. The molecule has 0 heterocycles. The van der Waals surface area contributed by atoms with Crippen molar-refractivity contribution in [1.29, 1.82) is 0 Å². The molecule has 18 heavy (non-hydrogen) atoms. The second-order valence-corrected chi connectivity index (χ2v) is 4.13. The number of nitrogens with one attached hydrogen (secondary N) is 1. The standard InChI is InChI=1S/C9H7F3IN3O2/c10-9(11,12)18-7-3-5(1-2-6(7)13)4-15-16-8(14)17/h1-4H,(H3,14,16,17). The Morgan fingerprint density at radius 1 is 1.50 bits per heavy atom. The molecule has 0 radical (unpaired) electrons. The second-order valence-electron chi connectivity index (χ2n) is 2.97. The van der Waals surface area contributed by atoms with E-state index in [0.717, 1.165) is 12.3 Å². The van der Waals surface area contributed by atoms with E-state index in [4.69, 9.17) is 5.73 Å². The van der Waals surface area contributed by atoms with E-state index in [2.05, 4.69) is 9.84 Å². The number of hydrogen-bond donors (Lipinski definition) is 2. The van der Waals surface area contributed by atoms with Gasteiger partial charge in [0.25, 0.3) is 0 Å². The fourth-order valence-electron chi connectivity index (χ4n) is 0.974. The summed E-state index contributed by atoms with van der Waals surface area (Å²) in [4.78, 5) is 10.3. The molecule has 1 aromatic carbocycles. The zero-order chi connectivity index (χ0) is 13.8. The first-order valence-electron chi connectivity index (χ1n) is 4.42. The molecule has 0 spiro atoms. The number of nitrogens with two attached hydrogens (primary N) is 1. The van der Waals surface area contributed by atoms with E-state index < -0.39 is 12.4 Å². The van der Waals surface area contributed by atoms with Gasteiger partial charge in [-0.3, -0.25) is 0 Å². The van der Waals surface area contributed by atoms with Crippen molar-refractivity contribution in [1.82, 2.24) is 5.43 Å². The van der Waals surface area contributed by atoms with Crippen molar-refractivity contribution in [3.8, 4) is 5.75 Å². The zero-order valence-corrected chi connectivity index (χ0v) is 10.8. The van der Waals surface area contributed by atoms with E-state index >= 15 is 0 Å². The molecule has 0 atom stereocenters. The normalized spacial score (nSPS) is 11.6. The second kappa shape index (κ2) is 5.89. The molecular weight excluding hydrogens is 366 g/mol. The van der Waals surface area contributed by atoms with Crippen molar-refractivity contribution >= 4 is 34.8 Å². The summed E-state index contributed by atoms with van der Waals surface area (Å²) in [6.07, 6.45) is -3.62. The van der Waals surface area contributed by atoms with Gasteiger partial charge in [-0.2, -0.15) is 5.10 Å². The van der Waals surface area contributed by atoms with Crippen LogP contribution in [0.1, 0.15) is 5.56 Å². The SMILES string of the molecule is NC(=O)NN=Cc1ccc(I)c(OC(F)(F)F)c1. The Morgan fingerprint density at radius 2 is 2.17 bits per heavy atom. The average molecular weight is 373 g/mol. The lowest BCUT2D eigenvalue weighted by Gasteiger charge is -2.10. The summed E-state index contributed by atoms with van der Waals surface area (Å²) in [5.41, 5.74) is 7.00. The van der Waals surface area contributed by atoms with Gasteiger partial charge >= 0.3 is 12.4 Å². The highest BCUT2D eigenvalue weighted by Crippen LogP contribution is 2.28. The van der Waals surface area contributed by atoms with Gasteiger partial charge < -0.3 is 10.5 Å². The third-order valence-electron chi connectivity index (χ3n) is 1.57. The van der Waals surface area contributed by atoms with E-state index in [1.54, 1.807) is 22.6 Å². The first-order chi connectivity index (χ1) is 8.28. The van der Waals surface area contributed by atoms with E-state index in [9.17, 15) is 18.0 Å². The van der Waals surface area contributed by atoms with Crippen molar-refractivity contribution in [2.45, 2.75) is 6.36 Å². The third kappa shape index (κ3) is 5.21. The number of urea groups is 1. The number of alkyl halides is 3. The van der Waals surface area contributed by atoms with Crippen LogP contribution in [-0.2, 0) is 0 Å². The minimum atomic E-state index is -4.76. The summed E-state index contributed by atoms with van der Waals surface area (Å²) in [5, 5.41) is 3.42. The monoisotopic (exact) mass is 373 g/mol. The van der Waals surface area contributed by atoms with Crippen LogP contribution in [0.25, 0.3) is 0 Å². The Hall–Kier alpha value is -1.52. The average Bonchev–Trinajstić information content (AvgIpc) is 2.20. The summed E-state index contributed by atoms with van der Waals surface area (Å²) in [7, 11) is 0. The van der Waals surface area contributed by atoms with Gasteiger partial charge in [0.15, 0.2) is 0 Å². The smallest absolute Gasteiger partial charge is 0.405 e. The molecule has 1 rings (SSSR count). The minimum Gasteiger partial charge on any atom is -0.405 e. The van der Waals surface area contributed by atoms with Gasteiger partial charge in [0, 0.05) is 0 Å². The summed E-state index contributed by atoms with van der Waals surface area (Å²) >= 11 is 1.71. The Kier molecular flexibility index (Phi) is 4.76. The van der Waals surface area contributed by atoms with Crippen LogP contribution < -0.4 is 15.9 Å². The van der Waals surface area contributed by atoms with Crippen LogP contribution >= 0.6 is 22.6 Å². The van der Waals surface area contributed by atoms with Gasteiger partial charge in [0.05, 0.1) is 9.78 Å². The summed E-state index contributed by atoms with van der Waals surface area (Å²) in [6, 6.07) is 3.20. The molecular formula is C9H7F3IN3O2. The largest absolute Gasteiger partial charge is 0.573 e. The van der Waals surface area contributed by atoms with E-state index in [1.165, 1.54) is 12.1 Å². The highest BCUT2D eigenvalue weighted by Gasteiger charge is 2.31. The number of carbonyl (C=O) groups is 1. The van der Waals surface area contributed by atoms with E-state index in [0.29, 0.717) is 9.13 Å². The molecule has 0 aliphatic carbocycles. The quantitative estimate of drug-likeness (QED) is 0.484. The van der Waals surface area contributed by atoms with Crippen LogP contribution in [0.4, 0.5) is 18.0 Å². The van der Waals surface area contributed by atoms with Crippen molar-refractivity contribution in [2.75, 3.05) is 0 Å². The van der Waals surface area contributed by atoms with Gasteiger partial charge in [0.2, 0.25) is 0 Å². The fraction of sp³-hybridized carbons (Fsp3) is 0.111. The number of hydrogen-bond acceptors (Lipinski definition) is 3. The van der Waals surface area contributed by atoms with Gasteiger partial charge in [0.1, 0.15) is 5.75 Å².